The molecule has 0 bridgehead atoms. The van der Waals surface area contributed by atoms with Crippen LogP contribution in [0, 0.1) is 0 Å². The summed E-state index contributed by atoms with van der Waals surface area (Å²) in [6.45, 7) is 0. The topological polar surface area (TPSA) is 51.5 Å². The minimum absolute atomic E-state index is 0.367. The van der Waals surface area contributed by atoms with Gasteiger partial charge < -0.3 is 4.74 Å². The Hall–Kier alpha value is -1.42. The van der Waals surface area contributed by atoms with E-state index in [0.717, 1.165) is 5.22 Å². The maximum absolute atomic E-state index is 11.2. The molecule has 1 atom stereocenters. The van der Waals surface area contributed by atoms with Crippen molar-refractivity contribution in [3.8, 4) is 0 Å². The molecule has 1 aliphatic heterocycles. The Morgan fingerprint density at radius 3 is 3.14 bits per heavy atom. The number of rotatable bonds is 1. The molecule has 72 valence electrons. The Morgan fingerprint density at radius 1 is 1.64 bits per heavy atom. The number of hydrogen-bond acceptors (Lipinski definition) is 4. The molecule has 0 saturated carbocycles. The van der Waals surface area contributed by atoms with Gasteiger partial charge in [-0.15, -0.1) is 0 Å². The van der Waals surface area contributed by atoms with E-state index in [1.165, 1.54) is 7.11 Å². The van der Waals surface area contributed by atoms with Gasteiger partial charge in [-0.2, -0.15) is 0 Å². The summed E-state index contributed by atoms with van der Waals surface area (Å²) in [5.74, 6) is -0.377. The molecule has 0 aliphatic carbocycles. The highest BCUT2D eigenvalue weighted by molar-refractivity contribution is 6.29. The van der Waals surface area contributed by atoms with Crippen LogP contribution in [0.2, 0.25) is 5.15 Å². The van der Waals surface area contributed by atoms with Crippen LogP contribution >= 0.6 is 11.6 Å². The number of ether oxygens (including phenoxy) is 1. The Kier molecular flexibility index (Phi) is 2.21. The molecule has 0 fully saturated rings. The van der Waals surface area contributed by atoms with Crippen LogP contribution in [-0.2, 0) is 9.53 Å². The van der Waals surface area contributed by atoms with E-state index in [2.05, 4.69) is 14.7 Å². The summed E-state index contributed by atoms with van der Waals surface area (Å²) in [4.78, 5) is 19.2. The highest BCUT2D eigenvalue weighted by atomic mass is 35.5. The fraction of sp³-hybridized carbons (Fsp3) is 0.222. The number of methoxy groups -OCH3 is 1. The van der Waals surface area contributed by atoms with Gasteiger partial charge in [-0.05, 0) is 6.08 Å². The van der Waals surface area contributed by atoms with Crippen molar-refractivity contribution < 1.29 is 9.53 Å². The molecule has 0 radical (unpaired) electrons. The molecule has 0 amide bonds. The van der Waals surface area contributed by atoms with Gasteiger partial charge in [-0.1, -0.05) is 11.6 Å². The van der Waals surface area contributed by atoms with E-state index in [9.17, 15) is 4.79 Å². The molecule has 0 unspecified atom stereocenters. The lowest BCUT2D eigenvalue weighted by atomic mass is 10.3. The molecule has 1 aliphatic rings. The quantitative estimate of drug-likeness (QED) is 0.472. The van der Waals surface area contributed by atoms with E-state index in [-0.39, 0.29) is 5.97 Å². The lowest BCUT2D eigenvalue weighted by molar-refractivity contribution is -0.140. The maximum atomic E-state index is 11.2. The molecule has 0 N–H and O–H groups in total. The number of hydrogen-bond donors (Lipinski definition) is 0. The van der Waals surface area contributed by atoms with Gasteiger partial charge in [-0.3, -0.25) is 4.99 Å². The predicted molar refractivity (Wildman–Crippen MR) is 50.3 cm³/mol. The summed E-state index contributed by atoms with van der Waals surface area (Å²) >= 11 is 5.68. The van der Waals surface area contributed by atoms with Crippen molar-refractivity contribution in [1.82, 2.24) is 4.98 Å². The molecule has 4 nitrogen and oxygen atoms in total. The van der Waals surface area contributed by atoms with E-state index in [4.69, 9.17) is 11.6 Å². The average Bonchev–Trinajstić information content (AvgIpc) is 2.59. The second kappa shape index (κ2) is 3.38. The molecule has 1 aromatic rings. The molecule has 2 rings (SSSR count). The second-order valence-electron chi connectivity index (χ2n) is 2.83. The minimum atomic E-state index is -0.560. The van der Waals surface area contributed by atoms with E-state index >= 15 is 0 Å². The van der Waals surface area contributed by atoms with Gasteiger partial charge in [0.2, 0.25) is 0 Å². The van der Waals surface area contributed by atoms with Crippen molar-refractivity contribution >= 4 is 23.6 Å². The molecule has 2 heterocycles. The van der Waals surface area contributed by atoms with Gasteiger partial charge in [0.1, 0.15) is 5.15 Å². The van der Waals surface area contributed by atoms with Crippen molar-refractivity contribution in [3.05, 3.63) is 28.0 Å². The third-order valence-corrected chi connectivity index (χ3v) is 2.14. The fourth-order valence-corrected chi connectivity index (χ4v) is 1.42. The molecular weight excluding hydrogens is 204 g/mol. The normalized spacial score (nSPS) is 18.0. The van der Waals surface area contributed by atoms with Crippen LogP contribution in [0.25, 0.3) is 6.08 Å². The largest absolute Gasteiger partial charge is 0.467 e. The van der Waals surface area contributed by atoms with Crippen LogP contribution in [0.5, 0.6) is 0 Å². The lowest BCUT2D eigenvalue weighted by Gasteiger charge is -1.99. The molecule has 1 aromatic heterocycles. The SMILES string of the molecule is COC(=O)[C@H]1C=c2cnc(Cl)cc2=N1. The van der Waals surface area contributed by atoms with Crippen LogP contribution in [-0.4, -0.2) is 24.1 Å². The van der Waals surface area contributed by atoms with Crippen molar-refractivity contribution in [2.24, 2.45) is 4.99 Å². The Balaban J connectivity index is 2.48. The summed E-state index contributed by atoms with van der Waals surface area (Å²) in [5.41, 5.74) is 0. The minimum Gasteiger partial charge on any atom is -0.467 e. The molecule has 5 heteroatoms. The van der Waals surface area contributed by atoms with Crippen molar-refractivity contribution in [3.63, 3.8) is 0 Å². The summed E-state index contributed by atoms with van der Waals surface area (Å²) < 4.78 is 4.58. The number of pyridine rings is 1. The highest BCUT2D eigenvalue weighted by Gasteiger charge is 2.18. The standard InChI is InChI=1S/C9H7ClN2O2/c1-14-9(13)7-2-5-4-11-8(10)3-6(5)12-7/h2-4,7H,1H3/t7-/m1/s1. The van der Waals surface area contributed by atoms with Crippen LogP contribution < -0.4 is 10.6 Å². The summed E-state index contributed by atoms with van der Waals surface area (Å²) in [5, 5.41) is 1.86. The number of carbonyl (C=O) groups is 1. The van der Waals surface area contributed by atoms with Gasteiger partial charge in [0.05, 0.1) is 12.5 Å². The number of esters is 1. The molecule has 0 spiro atoms. The van der Waals surface area contributed by atoms with Gasteiger partial charge in [0.25, 0.3) is 0 Å². The first-order valence-electron chi connectivity index (χ1n) is 4.00. The number of carbonyl (C=O) groups excluding carboxylic acids is 1. The van der Waals surface area contributed by atoms with Gasteiger partial charge in [-0.25, -0.2) is 9.78 Å². The van der Waals surface area contributed by atoms with E-state index in [1.807, 2.05) is 0 Å². The number of nitrogens with zero attached hydrogens (tertiary/aromatic N) is 2. The summed E-state index contributed by atoms with van der Waals surface area (Å²) in [6.07, 6.45) is 3.29. The molecule has 14 heavy (non-hydrogen) atoms. The molecule has 0 saturated heterocycles. The Labute approximate surface area is 84.9 Å². The van der Waals surface area contributed by atoms with E-state index in [1.54, 1.807) is 18.3 Å². The first-order chi connectivity index (χ1) is 6.70. The van der Waals surface area contributed by atoms with Gasteiger partial charge >= 0.3 is 5.97 Å². The zero-order valence-corrected chi connectivity index (χ0v) is 8.15. The number of fused-ring (bicyclic) bond motifs is 1. The van der Waals surface area contributed by atoms with Crippen LogP contribution in [0.15, 0.2) is 17.3 Å². The average molecular weight is 211 g/mol. The third kappa shape index (κ3) is 1.48. The number of aromatic nitrogens is 1. The first kappa shape index (κ1) is 9.15. The molecular formula is C9H7ClN2O2. The van der Waals surface area contributed by atoms with Gasteiger partial charge in [0, 0.05) is 17.5 Å². The third-order valence-electron chi connectivity index (χ3n) is 1.94. The van der Waals surface area contributed by atoms with Crippen LogP contribution in [0.1, 0.15) is 0 Å². The molecule has 0 aromatic carbocycles. The predicted octanol–water partition coefficient (Wildman–Crippen LogP) is -0.310. The zero-order valence-electron chi connectivity index (χ0n) is 7.40. The Bertz CT molecular complexity index is 498. The number of halogens is 1. The highest BCUT2D eigenvalue weighted by Crippen LogP contribution is 2.01. The van der Waals surface area contributed by atoms with Gasteiger partial charge in [0.15, 0.2) is 6.04 Å². The zero-order chi connectivity index (χ0) is 10.1. The van der Waals surface area contributed by atoms with Crippen LogP contribution in [0.4, 0.5) is 0 Å². The maximum Gasteiger partial charge on any atom is 0.334 e. The second-order valence-corrected chi connectivity index (χ2v) is 3.22. The lowest BCUT2D eigenvalue weighted by Crippen LogP contribution is -2.21. The van der Waals surface area contributed by atoms with Crippen molar-refractivity contribution in [2.45, 2.75) is 6.04 Å². The van der Waals surface area contributed by atoms with E-state index < -0.39 is 6.04 Å². The van der Waals surface area contributed by atoms with Crippen LogP contribution in [0.3, 0.4) is 0 Å². The monoisotopic (exact) mass is 210 g/mol. The fourth-order valence-electron chi connectivity index (χ4n) is 1.27. The van der Waals surface area contributed by atoms with Crippen molar-refractivity contribution in [1.29, 1.82) is 0 Å². The summed E-state index contributed by atoms with van der Waals surface area (Å²) in [6, 6.07) is 1.06. The van der Waals surface area contributed by atoms with E-state index in [0.29, 0.717) is 10.5 Å². The first-order valence-corrected chi connectivity index (χ1v) is 4.37. The van der Waals surface area contributed by atoms with Crippen molar-refractivity contribution in [2.75, 3.05) is 7.11 Å². The Morgan fingerprint density at radius 2 is 2.43 bits per heavy atom. The smallest absolute Gasteiger partial charge is 0.334 e. The summed E-state index contributed by atoms with van der Waals surface area (Å²) in [7, 11) is 1.33.